The first kappa shape index (κ1) is 12.9. The number of amides is 1. The molecule has 0 saturated carbocycles. The molecule has 5 nitrogen and oxygen atoms in total. The molecule has 1 aromatic heterocycles. The highest BCUT2D eigenvalue weighted by Crippen LogP contribution is 2.27. The Balaban J connectivity index is 0.00000144. The van der Waals surface area contributed by atoms with E-state index in [2.05, 4.69) is 15.5 Å². The molecule has 17 heavy (non-hydrogen) atoms. The predicted molar refractivity (Wildman–Crippen MR) is 66.7 cm³/mol. The lowest BCUT2D eigenvalue weighted by atomic mass is 10.1. The van der Waals surface area contributed by atoms with Gasteiger partial charge >= 0.3 is 0 Å². The summed E-state index contributed by atoms with van der Waals surface area (Å²) in [6.07, 6.45) is 0. The lowest BCUT2D eigenvalue weighted by Gasteiger charge is -2.03. The van der Waals surface area contributed by atoms with Crippen LogP contribution >= 0.6 is 0 Å². The molecule has 1 aromatic carbocycles. The Morgan fingerprint density at radius 3 is 2.53 bits per heavy atom. The van der Waals surface area contributed by atoms with E-state index in [9.17, 15) is 4.79 Å². The Hall–Kier alpha value is -2.14. The number of hydrogen-bond donors (Lipinski definition) is 2. The van der Waals surface area contributed by atoms with Crippen LogP contribution in [0.4, 0.5) is 5.69 Å². The van der Waals surface area contributed by atoms with Crippen LogP contribution in [0.25, 0.3) is 11.3 Å². The summed E-state index contributed by atoms with van der Waals surface area (Å²) in [6.45, 7) is 3.37. The SMILES string of the molecule is CC(=O)Nc1c(-c2ccccc2)n[nH]c1C.O. The summed E-state index contributed by atoms with van der Waals surface area (Å²) in [5.74, 6) is -0.0957. The minimum atomic E-state index is -0.0957. The van der Waals surface area contributed by atoms with E-state index in [0.29, 0.717) is 0 Å². The summed E-state index contributed by atoms with van der Waals surface area (Å²) in [5, 5.41) is 9.86. The van der Waals surface area contributed by atoms with E-state index in [-0.39, 0.29) is 11.4 Å². The molecular formula is C12H15N3O2. The van der Waals surface area contributed by atoms with E-state index >= 15 is 0 Å². The molecule has 0 unspecified atom stereocenters. The van der Waals surface area contributed by atoms with Crippen molar-refractivity contribution in [2.45, 2.75) is 13.8 Å². The number of nitrogens with zero attached hydrogens (tertiary/aromatic N) is 1. The molecule has 0 aliphatic heterocycles. The first-order chi connectivity index (χ1) is 7.68. The van der Waals surface area contributed by atoms with Crippen molar-refractivity contribution in [1.29, 1.82) is 0 Å². The summed E-state index contributed by atoms with van der Waals surface area (Å²) >= 11 is 0. The fourth-order valence-electron chi connectivity index (χ4n) is 1.56. The van der Waals surface area contributed by atoms with Crippen LogP contribution in [0.5, 0.6) is 0 Å². The number of H-pyrrole nitrogens is 1. The Morgan fingerprint density at radius 1 is 1.29 bits per heavy atom. The Bertz CT molecular complexity index is 506. The van der Waals surface area contributed by atoms with Crippen LogP contribution in [0, 0.1) is 6.92 Å². The molecule has 2 aromatic rings. The molecule has 0 bridgehead atoms. The van der Waals surface area contributed by atoms with Gasteiger partial charge in [-0.25, -0.2) is 0 Å². The second kappa shape index (κ2) is 5.27. The molecule has 1 heterocycles. The standard InChI is InChI=1S/C12H13N3O.H2O/c1-8-11(13-9(2)16)12(15-14-8)10-6-4-3-5-7-10;/h3-7H,1-2H3,(H,13,16)(H,14,15);1H2. The van der Waals surface area contributed by atoms with Gasteiger partial charge in [-0.05, 0) is 6.92 Å². The van der Waals surface area contributed by atoms with E-state index in [1.165, 1.54) is 6.92 Å². The third-order valence-corrected chi connectivity index (χ3v) is 2.30. The molecule has 1 amide bonds. The van der Waals surface area contributed by atoms with Crippen LogP contribution < -0.4 is 5.32 Å². The van der Waals surface area contributed by atoms with Crippen molar-refractivity contribution in [2.24, 2.45) is 0 Å². The van der Waals surface area contributed by atoms with E-state index < -0.39 is 0 Å². The number of aromatic amines is 1. The molecular weight excluding hydrogens is 218 g/mol. The van der Waals surface area contributed by atoms with Gasteiger partial charge in [0.05, 0.1) is 11.4 Å². The third-order valence-electron chi connectivity index (χ3n) is 2.30. The number of benzene rings is 1. The number of carbonyl (C=O) groups excluding carboxylic acids is 1. The van der Waals surface area contributed by atoms with Crippen molar-refractivity contribution in [3.05, 3.63) is 36.0 Å². The molecule has 0 atom stereocenters. The number of rotatable bonds is 2. The van der Waals surface area contributed by atoms with Crippen molar-refractivity contribution in [3.63, 3.8) is 0 Å². The van der Waals surface area contributed by atoms with Gasteiger partial charge in [-0.1, -0.05) is 30.3 Å². The molecule has 90 valence electrons. The van der Waals surface area contributed by atoms with Crippen LogP contribution in [0.15, 0.2) is 30.3 Å². The largest absolute Gasteiger partial charge is 0.412 e. The molecule has 2 rings (SSSR count). The Labute approximate surface area is 99.2 Å². The maximum Gasteiger partial charge on any atom is 0.221 e. The third kappa shape index (κ3) is 2.70. The van der Waals surface area contributed by atoms with Crippen LogP contribution in [0.3, 0.4) is 0 Å². The lowest BCUT2D eigenvalue weighted by Crippen LogP contribution is -2.07. The van der Waals surface area contributed by atoms with Gasteiger partial charge in [0.15, 0.2) is 0 Å². The lowest BCUT2D eigenvalue weighted by molar-refractivity contribution is -0.114. The maximum atomic E-state index is 11.1. The zero-order chi connectivity index (χ0) is 11.5. The average Bonchev–Trinajstić information content (AvgIpc) is 2.61. The number of nitrogens with one attached hydrogen (secondary N) is 2. The van der Waals surface area contributed by atoms with Gasteiger partial charge in [-0.15, -0.1) is 0 Å². The monoisotopic (exact) mass is 233 g/mol. The van der Waals surface area contributed by atoms with Gasteiger partial charge in [0.25, 0.3) is 0 Å². The molecule has 4 N–H and O–H groups in total. The molecule has 0 fully saturated rings. The fourth-order valence-corrected chi connectivity index (χ4v) is 1.56. The van der Waals surface area contributed by atoms with Crippen LogP contribution in [0.2, 0.25) is 0 Å². The molecule has 0 aliphatic rings. The quantitative estimate of drug-likeness (QED) is 0.823. The summed E-state index contributed by atoms with van der Waals surface area (Å²) in [5.41, 5.74) is 3.36. The van der Waals surface area contributed by atoms with Crippen molar-refractivity contribution in [1.82, 2.24) is 10.2 Å². The second-order valence-corrected chi connectivity index (χ2v) is 3.62. The molecule has 0 aliphatic carbocycles. The van der Waals surface area contributed by atoms with Gasteiger partial charge in [-0.2, -0.15) is 5.10 Å². The maximum absolute atomic E-state index is 11.1. The molecule has 5 heteroatoms. The Morgan fingerprint density at radius 2 is 1.94 bits per heavy atom. The van der Waals surface area contributed by atoms with Crippen LogP contribution in [0.1, 0.15) is 12.6 Å². The van der Waals surface area contributed by atoms with Gasteiger partial charge < -0.3 is 10.8 Å². The average molecular weight is 233 g/mol. The molecule has 0 saturated heterocycles. The summed E-state index contributed by atoms with van der Waals surface area (Å²) in [4.78, 5) is 11.1. The second-order valence-electron chi connectivity index (χ2n) is 3.62. The van der Waals surface area contributed by atoms with Gasteiger partial charge in [0.2, 0.25) is 5.91 Å². The number of anilines is 1. The van der Waals surface area contributed by atoms with Crippen molar-refractivity contribution in [2.75, 3.05) is 5.32 Å². The molecule has 0 spiro atoms. The summed E-state index contributed by atoms with van der Waals surface area (Å²) < 4.78 is 0. The van der Waals surface area contributed by atoms with Gasteiger partial charge in [0, 0.05) is 12.5 Å². The van der Waals surface area contributed by atoms with E-state index in [1.807, 2.05) is 37.3 Å². The van der Waals surface area contributed by atoms with Gasteiger partial charge in [-0.3, -0.25) is 9.89 Å². The summed E-state index contributed by atoms with van der Waals surface area (Å²) in [6, 6.07) is 9.75. The van der Waals surface area contributed by atoms with E-state index in [1.54, 1.807) is 0 Å². The normalized spacial score (nSPS) is 9.53. The fraction of sp³-hybridized carbons (Fsp3) is 0.167. The smallest absolute Gasteiger partial charge is 0.221 e. The van der Waals surface area contributed by atoms with Crippen molar-refractivity contribution >= 4 is 11.6 Å². The first-order valence-corrected chi connectivity index (χ1v) is 5.06. The minimum Gasteiger partial charge on any atom is -0.412 e. The summed E-state index contributed by atoms with van der Waals surface area (Å²) in [7, 11) is 0. The van der Waals surface area contributed by atoms with E-state index in [0.717, 1.165) is 22.6 Å². The highest BCUT2D eigenvalue weighted by Gasteiger charge is 2.12. The Kier molecular flexibility index (Phi) is 4.01. The molecule has 0 radical (unpaired) electrons. The zero-order valence-corrected chi connectivity index (χ0v) is 9.74. The van der Waals surface area contributed by atoms with Gasteiger partial charge in [0.1, 0.15) is 5.69 Å². The number of hydrogen-bond acceptors (Lipinski definition) is 2. The van der Waals surface area contributed by atoms with Crippen molar-refractivity contribution < 1.29 is 10.3 Å². The first-order valence-electron chi connectivity index (χ1n) is 5.06. The zero-order valence-electron chi connectivity index (χ0n) is 9.74. The number of aryl methyl sites for hydroxylation is 1. The number of aromatic nitrogens is 2. The van der Waals surface area contributed by atoms with Crippen molar-refractivity contribution in [3.8, 4) is 11.3 Å². The number of carbonyl (C=O) groups is 1. The topological polar surface area (TPSA) is 89.3 Å². The van der Waals surface area contributed by atoms with Crippen LogP contribution in [-0.4, -0.2) is 21.6 Å². The highest BCUT2D eigenvalue weighted by molar-refractivity contribution is 5.93. The van der Waals surface area contributed by atoms with Crippen LogP contribution in [-0.2, 0) is 4.79 Å². The minimum absolute atomic E-state index is 0. The predicted octanol–water partition coefficient (Wildman–Crippen LogP) is 1.52. The van der Waals surface area contributed by atoms with E-state index in [4.69, 9.17) is 0 Å². The highest BCUT2D eigenvalue weighted by atomic mass is 16.1.